The molecule has 0 radical (unpaired) electrons. The zero-order chi connectivity index (χ0) is 31.4. The average molecular weight is 616 g/mol. The van der Waals surface area contributed by atoms with E-state index in [0.29, 0.717) is 38.5 Å². The summed E-state index contributed by atoms with van der Waals surface area (Å²) in [4.78, 5) is 46.1. The highest BCUT2D eigenvalue weighted by molar-refractivity contribution is 5.85. The molecule has 3 aliphatic carbocycles. The molecule has 5 aliphatic rings. The van der Waals surface area contributed by atoms with Crippen LogP contribution in [-0.2, 0) is 27.5 Å². The topological polar surface area (TPSA) is 106 Å². The molecule has 3 amide bonds. The van der Waals surface area contributed by atoms with Crippen LogP contribution in [0.25, 0.3) is 0 Å². The number of nitriles is 1. The number of alkyl halides is 1. The van der Waals surface area contributed by atoms with Gasteiger partial charge in [-0.3, -0.25) is 19.4 Å². The van der Waals surface area contributed by atoms with Gasteiger partial charge in [0, 0.05) is 43.1 Å². The first-order chi connectivity index (χ1) is 21.8. The normalized spacial score (nSPS) is 29.2. The SMILES string of the molecule is N#C[C@@H]1C[C@H](F)CN1C(=O)CN(C(=O)OCc1ccccc1)C12CCC(C(=O)NC3CCN(Cc4ccccc4)C3)(CC1)CC2. The molecule has 2 bridgehead atoms. The quantitative estimate of drug-likeness (QED) is 0.443. The van der Waals surface area contributed by atoms with Crippen LogP contribution >= 0.6 is 0 Å². The van der Waals surface area contributed by atoms with Gasteiger partial charge in [-0.1, -0.05) is 60.7 Å². The van der Waals surface area contributed by atoms with Gasteiger partial charge in [0.2, 0.25) is 11.8 Å². The second kappa shape index (κ2) is 13.2. The van der Waals surface area contributed by atoms with Crippen molar-refractivity contribution in [3.63, 3.8) is 0 Å². The van der Waals surface area contributed by atoms with E-state index in [1.807, 2.05) is 54.6 Å². The maximum Gasteiger partial charge on any atom is 0.411 e. The number of halogens is 1. The standard InChI is InChI=1S/C35H42FN5O4/c36-28-19-30(20-37)40(22-28)31(42)24-41(33(44)45-25-27-9-5-2-6-10-27)35-15-12-34(13-16-35,14-17-35)32(43)38-29-11-18-39(23-29)21-26-7-3-1-4-8-26/h1-10,28-30H,11-19,21-25H2,(H,38,43)/t28-,29?,30-,34?,35?/m0/s1. The molecule has 2 aromatic carbocycles. The van der Waals surface area contributed by atoms with E-state index in [-0.39, 0.29) is 38.1 Å². The fraction of sp³-hybridized carbons (Fsp3) is 0.543. The van der Waals surface area contributed by atoms with E-state index < -0.39 is 35.2 Å². The van der Waals surface area contributed by atoms with Crippen LogP contribution in [0.1, 0.15) is 62.5 Å². The molecule has 0 spiro atoms. The third kappa shape index (κ3) is 6.69. The first-order valence-corrected chi connectivity index (χ1v) is 16.2. The predicted molar refractivity (Wildman–Crippen MR) is 165 cm³/mol. The van der Waals surface area contributed by atoms with Gasteiger partial charge in [-0.25, -0.2) is 9.18 Å². The summed E-state index contributed by atoms with van der Waals surface area (Å²) in [6.45, 7) is 2.27. The zero-order valence-electron chi connectivity index (χ0n) is 25.7. The Morgan fingerprint density at radius 1 is 0.956 bits per heavy atom. The van der Waals surface area contributed by atoms with E-state index in [1.54, 1.807) is 0 Å². The summed E-state index contributed by atoms with van der Waals surface area (Å²) >= 11 is 0. The molecule has 0 aromatic heterocycles. The molecule has 2 saturated heterocycles. The molecule has 5 fully saturated rings. The molecule has 7 rings (SSSR count). The number of hydrogen-bond acceptors (Lipinski definition) is 6. The molecule has 10 heteroatoms. The van der Waals surface area contributed by atoms with E-state index in [1.165, 1.54) is 15.4 Å². The lowest BCUT2D eigenvalue weighted by Gasteiger charge is -2.56. The van der Waals surface area contributed by atoms with Gasteiger partial charge in [0.25, 0.3) is 0 Å². The number of rotatable bonds is 9. The summed E-state index contributed by atoms with van der Waals surface area (Å²) in [6.07, 6.45) is 2.62. The number of benzene rings is 2. The number of nitrogens with zero attached hydrogens (tertiary/aromatic N) is 4. The van der Waals surface area contributed by atoms with Crippen molar-refractivity contribution in [3.8, 4) is 6.07 Å². The molecular weight excluding hydrogens is 573 g/mol. The molecule has 9 nitrogen and oxygen atoms in total. The highest BCUT2D eigenvalue weighted by Crippen LogP contribution is 2.55. The van der Waals surface area contributed by atoms with Gasteiger partial charge < -0.3 is 15.0 Å². The van der Waals surface area contributed by atoms with Crippen LogP contribution in [0.15, 0.2) is 60.7 Å². The summed E-state index contributed by atoms with van der Waals surface area (Å²) in [7, 11) is 0. The minimum Gasteiger partial charge on any atom is -0.445 e. The fourth-order valence-electron chi connectivity index (χ4n) is 7.82. The lowest BCUT2D eigenvalue weighted by Crippen LogP contribution is -2.63. The molecule has 3 atom stereocenters. The summed E-state index contributed by atoms with van der Waals surface area (Å²) in [5, 5.41) is 12.9. The molecule has 2 aromatic rings. The molecule has 2 heterocycles. The van der Waals surface area contributed by atoms with Gasteiger partial charge >= 0.3 is 6.09 Å². The molecule has 238 valence electrons. The number of nitrogens with one attached hydrogen (secondary N) is 1. The smallest absolute Gasteiger partial charge is 0.411 e. The Morgan fingerprint density at radius 2 is 1.60 bits per heavy atom. The maximum absolute atomic E-state index is 14.2. The van der Waals surface area contributed by atoms with E-state index in [4.69, 9.17) is 4.74 Å². The Balaban J connectivity index is 1.11. The van der Waals surface area contributed by atoms with Gasteiger partial charge in [0.1, 0.15) is 25.4 Å². The summed E-state index contributed by atoms with van der Waals surface area (Å²) in [5.74, 6) is -0.353. The second-order valence-corrected chi connectivity index (χ2v) is 13.3. The van der Waals surface area contributed by atoms with Crippen LogP contribution in [0.4, 0.5) is 9.18 Å². The minimum atomic E-state index is -1.26. The van der Waals surface area contributed by atoms with E-state index >= 15 is 0 Å². The van der Waals surface area contributed by atoms with Gasteiger partial charge in [0.05, 0.1) is 12.6 Å². The molecule has 1 unspecified atom stereocenters. The van der Waals surface area contributed by atoms with Crippen molar-refractivity contribution in [2.75, 3.05) is 26.2 Å². The van der Waals surface area contributed by atoms with Crippen LogP contribution < -0.4 is 5.32 Å². The molecule has 2 aliphatic heterocycles. The average Bonchev–Trinajstić information content (AvgIpc) is 3.69. The Kier molecular flexibility index (Phi) is 9.09. The first kappa shape index (κ1) is 31.0. The number of carbonyl (C=O) groups excluding carboxylic acids is 3. The Labute approximate surface area is 264 Å². The van der Waals surface area contributed by atoms with E-state index in [9.17, 15) is 24.0 Å². The van der Waals surface area contributed by atoms with Crippen molar-refractivity contribution in [2.45, 2.75) is 88.3 Å². The van der Waals surface area contributed by atoms with Gasteiger partial charge in [-0.05, 0) is 56.1 Å². The maximum atomic E-state index is 14.2. The minimum absolute atomic E-state index is 0.0194. The number of ether oxygens (including phenoxy) is 1. The van der Waals surface area contributed by atoms with Crippen molar-refractivity contribution in [2.24, 2.45) is 5.41 Å². The van der Waals surface area contributed by atoms with Crippen LogP contribution in [0.2, 0.25) is 0 Å². The summed E-state index contributed by atoms with van der Waals surface area (Å²) < 4.78 is 19.9. The summed E-state index contributed by atoms with van der Waals surface area (Å²) in [5.41, 5.74) is 0.973. The van der Waals surface area contributed by atoms with Crippen molar-refractivity contribution in [1.82, 2.24) is 20.0 Å². The van der Waals surface area contributed by atoms with Crippen LogP contribution in [0.5, 0.6) is 0 Å². The van der Waals surface area contributed by atoms with Gasteiger partial charge in [-0.2, -0.15) is 5.26 Å². The number of fused-ring (bicyclic) bond motifs is 3. The number of likely N-dealkylation sites (tertiary alicyclic amines) is 2. The van der Waals surface area contributed by atoms with E-state index in [0.717, 1.165) is 31.6 Å². The van der Waals surface area contributed by atoms with Gasteiger partial charge in [0.15, 0.2) is 0 Å². The van der Waals surface area contributed by atoms with Crippen LogP contribution in [0.3, 0.4) is 0 Å². The molecule has 1 N–H and O–H groups in total. The highest BCUT2D eigenvalue weighted by Gasteiger charge is 2.56. The Morgan fingerprint density at radius 3 is 2.24 bits per heavy atom. The fourth-order valence-corrected chi connectivity index (χ4v) is 7.82. The number of carbonyl (C=O) groups is 3. The largest absolute Gasteiger partial charge is 0.445 e. The zero-order valence-corrected chi connectivity index (χ0v) is 25.7. The van der Waals surface area contributed by atoms with Crippen molar-refractivity contribution < 1.29 is 23.5 Å². The lowest BCUT2D eigenvalue weighted by molar-refractivity contribution is -0.145. The number of amides is 3. The first-order valence-electron chi connectivity index (χ1n) is 16.2. The number of hydrogen-bond donors (Lipinski definition) is 1. The van der Waals surface area contributed by atoms with Crippen LogP contribution in [-0.4, -0.2) is 82.6 Å². The Bertz CT molecular complexity index is 1390. The van der Waals surface area contributed by atoms with Crippen molar-refractivity contribution in [1.29, 1.82) is 5.26 Å². The second-order valence-electron chi connectivity index (χ2n) is 13.3. The molecular formula is C35H42FN5O4. The van der Waals surface area contributed by atoms with E-state index in [2.05, 4.69) is 22.3 Å². The monoisotopic (exact) mass is 615 g/mol. The third-order valence-corrected chi connectivity index (χ3v) is 10.6. The van der Waals surface area contributed by atoms with Gasteiger partial charge in [-0.15, -0.1) is 0 Å². The highest BCUT2D eigenvalue weighted by atomic mass is 19.1. The third-order valence-electron chi connectivity index (χ3n) is 10.6. The predicted octanol–water partition coefficient (Wildman–Crippen LogP) is 4.57. The Hall–Kier alpha value is -3.97. The molecule has 3 saturated carbocycles. The van der Waals surface area contributed by atoms with Crippen molar-refractivity contribution in [3.05, 3.63) is 71.8 Å². The van der Waals surface area contributed by atoms with Crippen molar-refractivity contribution >= 4 is 17.9 Å². The lowest BCUT2D eigenvalue weighted by atomic mass is 9.56. The van der Waals surface area contributed by atoms with Crippen LogP contribution in [0, 0.1) is 16.7 Å². The molecule has 45 heavy (non-hydrogen) atoms. The summed E-state index contributed by atoms with van der Waals surface area (Å²) in [6, 6.07) is 21.0.